The molecule has 0 saturated heterocycles. The molecule has 0 aliphatic carbocycles. The van der Waals surface area contributed by atoms with Crippen molar-refractivity contribution in [3.8, 4) is 5.75 Å². The van der Waals surface area contributed by atoms with Gasteiger partial charge in [0.15, 0.2) is 11.6 Å². The van der Waals surface area contributed by atoms with Crippen LogP contribution >= 0.6 is 0 Å². The van der Waals surface area contributed by atoms with E-state index in [0.29, 0.717) is 0 Å². The van der Waals surface area contributed by atoms with Gasteiger partial charge in [-0.3, -0.25) is 0 Å². The minimum atomic E-state index is -0.404. The summed E-state index contributed by atoms with van der Waals surface area (Å²) in [4.78, 5) is 0. The minimum Gasteiger partial charge on any atom is -0.486 e. The summed E-state index contributed by atoms with van der Waals surface area (Å²) in [5.74, 6) is -0.504. The predicted octanol–water partition coefficient (Wildman–Crippen LogP) is 4.04. The Labute approximate surface area is 115 Å². The Morgan fingerprint density at radius 1 is 1.10 bits per heavy atom. The van der Waals surface area contributed by atoms with Crippen LogP contribution in [0.5, 0.6) is 5.75 Å². The monoisotopic (exact) mass is 273 g/mol. The maximum Gasteiger partial charge on any atom is 0.165 e. The van der Waals surface area contributed by atoms with Gasteiger partial charge >= 0.3 is 0 Å². The number of ether oxygens (including phenoxy) is 1. The van der Waals surface area contributed by atoms with Crippen molar-refractivity contribution in [2.24, 2.45) is 7.05 Å². The predicted molar refractivity (Wildman–Crippen MR) is 73.6 cm³/mol. The first-order valence-electron chi connectivity index (χ1n) is 6.26. The number of aryl methyl sites for hydroxylation is 1. The third kappa shape index (κ3) is 2.25. The second kappa shape index (κ2) is 4.96. The highest BCUT2D eigenvalue weighted by molar-refractivity contribution is 5.83. The lowest BCUT2D eigenvalue weighted by atomic mass is 10.2. The summed E-state index contributed by atoms with van der Waals surface area (Å²) in [5, 5.41) is 0.781. The number of benzene rings is 2. The highest BCUT2D eigenvalue weighted by Gasteiger charge is 2.09. The molecule has 0 aliphatic rings. The molecule has 3 aromatic rings. The molecular weight excluding hydrogens is 260 g/mol. The summed E-state index contributed by atoms with van der Waals surface area (Å²) in [7, 11) is 1.88. The molecule has 0 N–H and O–H groups in total. The van der Waals surface area contributed by atoms with Gasteiger partial charge in [-0.05, 0) is 30.3 Å². The van der Waals surface area contributed by atoms with Crippen molar-refractivity contribution in [1.82, 2.24) is 4.57 Å². The highest BCUT2D eigenvalue weighted by Crippen LogP contribution is 2.24. The molecule has 1 aromatic heterocycles. The van der Waals surface area contributed by atoms with E-state index < -0.39 is 5.82 Å². The van der Waals surface area contributed by atoms with E-state index in [0.717, 1.165) is 16.5 Å². The summed E-state index contributed by atoms with van der Waals surface area (Å²) in [6.07, 6.45) is 1.87. The molecule has 0 aliphatic heterocycles. The maximum atomic E-state index is 13.5. The van der Waals surface area contributed by atoms with Gasteiger partial charge in [0.05, 0.1) is 0 Å². The number of fused-ring (bicyclic) bond motifs is 1. The first kappa shape index (κ1) is 12.7. The summed E-state index contributed by atoms with van der Waals surface area (Å²) < 4.78 is 34.2. The van der Waals surface area contributed by atoms with Crippen LogP contribution in [0.4, 0.5) is 8.78 Å². The lowest BCUT2D eigenvalue weighted by Crippen LogP contribution is -1.96. The average Bonchev–Trinajstić information content (AvgIpc) is 2.74. The Kier molecular flexibility index (Phi) is 3.14. The zero-order chi connectivity index (χ0) is 14.1. The Bertz CT molecular complexity index is 764. The van der Waals surface area contributed by atoms with E-state index in [4.69, 9.17) is 4.74 Å². The molecule has 0 radical (unpaired) electrons. The average molecular weight is 273 g/mol. The number of para-hydroxylation sites is 1. The van der Waals surface area contributed by atoms with Gasteiger partial charge in [0.1, 0.15) is 12.4 Å². The van der Waals surface area contributed by atoms with E-state index in [1.54, 1.807) is 24.3 Å². The first-order valence-corrected chi connectivity index (χ1v) is 6.26. The third-order valence-corrected chi connectivity index (χ3v) is 3.25. The molecule has 20 heavy (non-hydrogen) atoms. The Morgan fingerprint density at radius 3 is 2.70 bits per heavy atom. The molecule has 102 valence electrons. The van der Waals surface area contributed by atoms with Crippen molar-refractivity contribution in [3.05, 3.63) is 65.9 Å². The normalized spacial score (nSPS) is 10.9. The fourth-order valence-corrected chi connectivity index (χ4v) is 2.28. The molecule has 0 bridgehead atoms. The zero-order valence-electron chi connectivity index (χ0n) is 10.9. The van der Waals surface area contributed by atoms with Gasteiger partial charge in [-0.25, -0.2) is 8.78 Å². The van der Waals surface area contributed by atoms with Crippen LogP contribution < -0.4 is 4.74 Å². The fourth-order valence-electron chi connectivity index (χ4n) is 2.28. The third-order valence-electron chi connectivity index (χ3n) is 3.25. The van der Waals surface area contributed by atoms with Crippen molar-refractivity contribution in [3.63, 3.8) is 0 Å². The quantitative estimate of drug-likeness (QED) is 0.702. The van der Waals surface area contributed by atoms with E-state index in [2.05, 4.69) is 0 Å². The Hall–Kier alpha value is -2.36. The van der Waals surface area contributed by atoms with Crippen LogP contribution in [0.15, 0.2) is 48.7 Å². The van der Waals surface area contributed by atoms with Crippen LogP contribution in [0, 0.1) is 11.6 Å². The van der Waals surface area contributed by atoms with E-state index in [-0.39, 0.29) is 18.2 Å². The molecule has 1 heterocycles. The summed E-state index contributed by atoms with van der Waals surface area (Å²) in [6.45, 7) is 0.196. The molecule has 0 unspecified atom stereocenters. The van der Waals surface area contributed by atoms with Gasteiger partial charge in [0.25, 0.3) is 0 Å². The maximum absolute atomic E-state index is 13.5. The second-order valence-electron chi connectivity index (χ2n) is 4.65. The number of rotatable bonds is 3. The number of hydrogen-bond donors (Lipinski definition) is 0. The molecule has 2 nitrogen and oxygen atoms in total. The largest absolute Gasteiger partial charge is 0.486 e. The van der Waals surface area contributed by atoms with Gasteiger partial charge in [-0.2, -0.15) is 0 Å². The molecule has 0 spiro atoms. The van der Waals surface area contributed by atoms with Crippen molar-refractivity contribution >= 4 is 10.9 Å². The van der Waals surface area contributed by atoms with Crippen LogP contribution in [0.1, 0.15) is 5.56 Å². The van der Waals surface area contributed by atoms with Crippen molar-refractivity contribution in [2.75, 3.05) is 0 Å². The van der Waals surface area contributed by atoms with Crippen molar-refractivity contribution in [1.29, 1.82) is 0 Å². The van der Waals surface area contributed by atoms with Crippen LogP contribution in [0.25, 0.3) is 10.9 Å². The topological polar surface area (TPSA) is 14.2 Å². The summed E-state index contributed by atoms with van der Waals surface area (Å²) in [5.41, 5.74) is 1.74. The van der Waals surface area contributed by atoms with Crippen molar-refractivity contribution in [2.45, 2.75) is 6.61 Å². The van der Waals surface area contributed by atoms with Gasteiger partial charge in [-0.1, -0.05) is 12.1 Å². The molecule has 4 heteroatoms. The summed E-state index contributed by atoms with van der Waals surface area (Å²) >= 11 is 0. The van der Waals surface area contributed by atoms with Crippen LogP contribution in [-0.2, 0) is 13.7 Å². The van der Waals surface area contributed by atoms with E-state index >= 15 is 0 Å². The number of hydrogen-bond acceptors (Lipinski definition) is 1. The second-order valence-corrected chi connectivity index (χ2v) is 4.65. The zero-order valence-corrected chi connectivity index (χ0v) is 10.9. The first-order chi connectivity index (χ1) is 9.65. The Balaban J connectivity index is 1.92. The van der Waals surface area contributed by atoms with Crippen LogP contribution in [0.2, 0.25) is 0 Å². The molecule has 0 atom stereocenters. The lowest BCUT2D eigenvalue weighted by molar-refractivity contribution is 0.291. The fraction of sp³-hybridized carbons (Fsp3) is 0.125. The summed E-state index contributed by atoms with van der Waals surface area (Å²) in [6, 6.07) is 10.8. The highest BCUT2D eigenvalue weighted by atomic mass is 19.1. The number of aromatic nitrogens is 1. The smallest absolute Gasteiger partial charge is 0.165 e. The van der Waals surface area contributed by atoms with E-state index in [1.807, 2.05) is 17.8 Å². The van der Waals surface area contributed by atoms with E-state index in [1.165, 1.54) is 18.2 Å². The van der Waals surface area contributed by atoms with Crippen LogP contribution in [0.3, 0.4) is 0 Å². The van der Waals surface area contributed by atoms with Gasteiger partial charge in [-0.15, -0.1) is 0 Å². The van der Waals surface area contributed by atoms with Crippen LogP contribution in [-0.4, -0.2) is 4.57 Å². The van der Waals surface area contributed by atoms with Crippen molar-refractivity contribution < 1.29 is 13.5 Å². The molecule has 0 amide bonds. The standard InChI is InChI=1S/C16H13F2NO/c1-19-9-11(13-8-12(17)6-7-15(13)19)10-20-16-5-3-2-4-14(16)18/h2-9H,10H2,1H3. The van der Waals surface area contributed by atoms with E-state index in [9.17, 15) is 8.78 Å². The van der Waals surface area contributed by atoms with Gasteiger partial charge in [0.2, 0.25) is 0 Å². The van der Waals surface area contributed by atoms with Gasteiger partial charge < -0.3 is 9.30 Å². The number of nitrogens with zero attached hydrogens (tertiary/aromatic N) is 1. The minimum absolute atomic E-state index is 0.195. The molecule has 2 aromatic carbocycles. The number of halogens is 2. The molecule has 0 saturated carbocycles. The van der Waals surface area contributed by atoms with Gasteiger partial charge in [0, 0.05) is 29.7 Å². The molecular formula is C16H13F2NO. The lowest BCUT2D eigenvalue weighted by Gasteiger charge is -2.06. The Morgan fingerprint density at radius 2 is 1.90 bits per heavy atom. The molecule has 0 fully saturated rings. The SMILES string of the molecule is Cn1cc(COc2ccccc2F)c2cc(F)ccc21. The molecule has 3 rings (SSSR count).